The molecule has 1 unspecified atom stereocenters. The van der Waals surface area contributed by atoms with E-state index in [0.29, 0.717) is 42.7 Å². The first-order valence-electron chi connectivity index (χ1n) is 10.1. The highest BCUT2D eigenvalue weighted by molar-refractivity contribution is 7.98. The van der Waals surface area contributed by atoms with Crippen LogP contribution in [0.3, 0.4) is 0 Å². The number of nitrogens with two attached hydrogens (primary N) is 1. The number of likely N-dealkylation sites (tertiary alicyclic amines) is 1. The van der Waals surface area contributed by atoms with E-state index in [1.54, 1.807) is 18.4 Å². The quantitative estimate of drug-likeness (QED) is 0.243. The standard InChI is InChI=1S/C20H27ClN4O6S/c1-32-10-15(24-18(29)11-4-5-14(22)13(21)7-11)20(31)25-6-2-3-16(25)19(30)23-12(9-26)8-17(27)28/h4-5,9,12-13,15-16H,2-3,6-8,10,22H2,1H3,(H,23,30)(H,24,29)(H,27,28)/t12-,13?,15-,16-/m0/s1. The Morgan fingerprint density at radius 1 is 1.34 bits per heavy atom. The zero-order valence-corrected chi connectivity index (χ0v) is 19.2. The van der Waals surface area contributed by atoms with E-state index in [4.69, 9.17) is 22.4 Å². The van der Waals surface area contributed by atoms with Crippen molar-refractivity contribution in [2.75, 3.05) is 18.6 Å². The van der Waals surface area contributed by atoms with Crippen LogP contribution in [0, 0.1) is 0 Å². The van der Waals surface area contributed by atoms with E-state index in [9.17, 15) is 24.0 Å². The summed E-state index contributed by atoms with van der Waals surface area (Å²) in [5, 5.41) is 13.5. The molecule has 0 saturated carbocycles. The van der Waals surface area contributed by atoms with Crippen LogP contribution < -0.4 is 16.4 Å². The van der Waals surface area contributed by atoms with Gasteiger partial charge in [0.05, 0.1) is 17.8 Å². The summed E-state index contributed by atoms with van der Waals surface area (Å²) in [6.07, 6.45) is 5.91. The third-order valence-corrected chi connectivity index (χ3v) is 6.26. The minimum absolute atomic E-state index is 0.237. The van der Waals surface area contributed by atoms with Crippen LogP contribution in [0.4, 0.5) is 0 Å². The molecule has 0 aromatic heterocycles. The number of carboxylic acid groups (broad SMARTS) is 1. The summed E-state index contributed by atoms with van der Waals surface area (Å²) in [4.78, 5) is 61.8. The maximum absolute atomic E-state index is 13.2. The second-order valence-corrected chi connectivity index (χ2v) is 8.99. The molecule has 5 N–H and O–H groups in total. The number of hydrogen-bond acceptors (Lipinski definition) is 7. The fourth-order valence-electron chi connectivity index (χ4n) is 3.54. The zero-order chi connectivity index (χ0) is 23.8. The molecule has 0 radical (unpaired) electrons. The van der Waals surface area contributed by atoms with Gasteiger partial charge in [-0.15, -0.1) is 11.6 Å². The number of carbonyl (C=O) groups excluding carboxylic acids is 4. The fraction of sp³-hybridized carbons (Fsp3) is 0.550. The third kappa shape index (κ3) is 6.73. The van der Waals surface area contributed by atoms with Crippen LogP contribution >= 0.6 is 23.4 Å². The van der Waals surface area contributed by atoms with Crippen LogP contribution in [0.5, 0.6) is 0 Å². The van der Waals surface area contributed by atoms with Gasteiger partial charge in [0, 0.05) is 23.6 Å². The largest absolute Gasteiger partial charge is 0.481 e. The van der Waals surface area contributed by atoms with Crippen molar-refractivity contribution in [3.63, 3.8) is 0 Å². The molecule has 1 fully saturated rings. The molecule has 176 valence electrons. The van der Waals surface area contributed by atoms with Crippen LogP contribution in [0.2, 0.25) is 0 Å². The summed E-state index contributed by atoms with van der Waals surface area (Å²) in [6.45, 7) is 0.314. The summed E-state index contributed by atoms with van der Waals surface area (Å²) in [5.74, 6) is -2.38. The number of carboxylic acids is 1. The lowest BCUT2D eigenvalue weighted by Gasteiger charge is -2.29. The molecule has 1 heterocycles. The summed E-state index contributed by atoms with van der Waals surface area (Å²) in [7, 11) is 0. The number of rotatable bonds is 10. The molecule has 2 rings (SSSR count). The van der Waals surface area contributed by atoms with Crippen LogP contribution in [-0.2, 0) is 24.0 Å². The third-order valence-electron chi connectivity index (χ3n) is 5.19. The number of carbonyl (C=O) groups is 5. The maximum Gasteiger partial charge on any atom is 0.305 e. The van der Waals surface area contributed by atoms with Gasteiger partial charge in [0.1, 0.15) is 18.4 Å². The molecule has 0 bridgehead atoms. The molecule has 1 aliphatic carbocycles. The Balaban J connectivity index is 2.09. The Morgan fingerprint density at radius 3 is 2.66 bits per heavy atom. The molecular weight excluding hydrogens is 460 g/mol. The first-order valence-corrected chi connectivity index (χ1v) is 11.9. The normalized spacial score (nSPS) is 22.2. The smallest absolute Gasteiger partial charge is 0.305 e. The predicted molar refractivity (Wildman–Crippen MR) is 120 cm³/mol. The number of nitrogens with zero attached hydrogens (tertiary/aromatic N) is 1. The molecule has 1 aliphatic heterocycles. The number of amides is 3. The topological polar surface area (TPSA) is 159 Å². The average molecular weight is 487 g/mol. The van der Waals surface area contributed by atoms with Crippen molar-refractivity contribution in [1.82, 2.24) is 15.5 Å². The van der Waals surface area contributed by atoms with Gasteiger partial charge in [0.15, 0.2) is 0 Å². The lowest BCUT2D eigenvalue weighted by molar-refractivity contribution is -0.142. The summed E-state index contributed by atoms with van der Waals surface area (Å²) in [5.41, 5.74) is 6.59. The number of allylic oxidation sites excluding steroid dienone is 3. The highest BCUT2D eigenvalue weighted by Gasteiger charge is 2.38. The second-order valence-electron chi connectivity index (χ2n) is 7.55. The highest BCUT2D eigenvalue weighted by Crippen LogP contribution is 2.22. The van der Waals surface area contributed by atoms with Crippen molar-refractivity contribution in [3.05, 3.63) is 23.4 Å². The van der Waals surface area contributed by atoms with Gasteiger partial charge >= 0.3 is 5.97 Å². The number of alkyl halides is 1. The maximum atomic E-state index is 13.2. The van der Waals surface area contributed by atoms with Crippen LogP contribution in [0.15, 0.2) is 23.4 Å². The van der Waals surface area contributed by atoms with Gasteiger partial charge in [0.2, 0.25) is 17.7 Å². The molecule has 2 aliphatic rings. The Hall–Kier alpha value is -2.53. The zero-order valence-electron chi connectivity index (χ0n) is 17.6. The van der Waals surface area contributed by atoms with Crippen molar-refractivity contribution >= 4 is 53.3 Å². The Kier molecular flexibility index (Phi) is 9.58. The summed E-state index contributed by atoms with van der Waals surface area (Å²) in [6, 6.07) is -2.89. The monoisotopic (exact) mass is 486 g/mol. The number of aldehydes is 1. The van der Waals surface area contributed by atoms with Crippen molar-refractivity contribution in [3.8, 4) is 0 Å². The fourth-order valence-corrected chi connectivity index (χ4v) is 4.34. The van der Waals surface area contributed by atoms with Crippen molar-refractivity contribution in [2.24, 2.45) is 5.73 Å². The van der Waals surface area contributed by atoms with Gasteiger partial charge in [-0.2, -0.15) is 11.8 Å². The SMILES string of the molecule is CSC[C@H](NC(=O)C1=CC=C(N)C(Cl)C1)C(=O)N1CCC[C@H]1C(=O)N[C@H](C=O)CC(=O)O. The number of hydrogen-bond donors (Lipinski definition) is 4. The van der Waals surface area contributed by atoms with Crippen LogP contribution in [0.25, 0.3) is 0 Å². The molecule has 32 heavy (non-hydrogen) atoms. The molecule has 1 saturated heterocycles. The first-order chi connectivity index (χ1) is 15.2. The molecule has 0 aromatic rings. The highest BCUT2D eigenvalue weighted by atomic mass is 35.5. The van der Waals surface area contributed by atoms with Gasteiger partial charge in [-0.3, -0.25) is 19.2 Å². The number of aliphatic carboxylic acids is 1. The number of halogens is 1. The summed E-state index contributed by atoms with van der Waals surface area (Å²) < 4.78 is 0. The van der Waals surface area contributed by atoms with Gasteiger partial charge in [-0.05, 0) is 31.6 Å². The molecule has 12 heteroatoms. The van der Waals surface area contributed by atoms with E-state index in [2.05, 4.69) is 10.6 Å². The lowest BCUT2D eigenvalue weighted by Crippen LogP contribution is -2.55. The van der Waals surface area contributed by atoms with E-state index >= 15 is 0 Å². The Labute approximate surface area is 195 Å². The van der Waals surface area contributed by atoms with E-state index in [1.165, 1.54) is 16.7 Å². The second kappa shape index (κ2) is 11.9. The molecule has 0 aromatic carbocycles. The van der Waals surface area contributed by atoms with Crippen LogP contribution in [-0.4, -0.2) is 82.0 Å². The van der Waals surface area contributed by atoms with Crippen LogP contribution in [0.1, 0.15) is 25.7 Å². The van der Waals surface area contributed by atoms with Crippen molar-refractivity contribution in [2.45, 2.75) is 49.2 Å². The molecular formula is C20H27ClN4O6S. The van der Waals surface area contributed by atoms with Gasteiger partial charge in [-0.25, -0.2) is 0 Å². The number of thioether (sulfide) groups is 1. The lowest BCUT2D eigenvalue weighted by atomic mass is 10.0. The van der Waals surface area contributed by atoms with E-state index in [0.717, 1.165) is 0 Å². The molecule has 10 nitrogen and oxygen atoms in total. The Morgan fingerprint density at radius 2 is 2.06 bits per heavy atom. The summed E-state index contributed by atoms with van der Waals surface area (Å²) >= 11 is 7.47. The van der Waals surface area contributed by atoms with E-state index in [1.807, 2.05) is 0 Å². The molecule has 4 atom stereocenters. The van der Waals surface area contributed by atoms with Crippen molar-refractivity contribution in [1.29, 1.82) is 0 Å². The van der Waals surface area contributed by atoms with Gasteiger partial charge in [0.25, 0.3) is 0 Å². The Bertz CT molecular complexity index is 833. The predicted octanol–water partition coefficient (Wildman–Crippen LogP) is -0.236. The minimum atomic E-state index is -1.22. The van der Waals surface area contributed by atoms with E-state index in [-0.39, 0.29) is 6.42 Å². The van der Waals surface area contributed by atoms with Gasteiger partial charge in [-0.1, -0.05) is 6.08 Å². The van der Waals surface area contributed by atoms with E-state index < -0.39 is 53.6 Å². The first kappa shape index (κ1) is 25.7. The van der Waals surface area contributed by atoms with Gasteiger partial charge < -0.3 is 31.2 Å². The average Bonchev–Trinajstić information content (AvgIpc) is 3.24. The molecule has 3 amide bonds. The minimum Gasteiger partial charge on any atom is -0.481 e. The molecule has 0 spiro atoms. The van der Waals surface area contributed by atoms with Crippen molar-refractivity contribution < 1.29 is 29.1 Å². The number of nitrogens with one attached hydrogen (secondary N) is 2.